The summed E-state index contributed by atoms with van der Waals surface area (Å²) >= 11 is 5.02. The van der Waals surface area contributed by atoms with Gasteiger partial charge in [0, 0.05) is 12.0 Å². The van der Waals surface area contributed by atoms with E-state index in [1.165, 1.54) is 0 Å². The van der Waals surface area contributed by atoms with Crippen molar-refractivity contribution in [2.75, 3.05) is 5.88 Å². The number of hydrogen-bond acceptors (Lipinski definition) is 3. The fourth-order valence-electron chi connectivity index (χ4n) is 0. The molecule has 0 radical (unpaired) electrons. The van der Waals surface area contributed by atoms with E-state index in [9.17, 15) is 0 Å². The third-order valence-corrected chi connectivity index (χ3v) is 0.534. The predicted octanol–water partition coefficient (Wildman–Crippen LogP) is -3.12. The van der Waals surface area contributed by atoms with Crippen LogP contribution in [-0.2, 0) is 4.57 Å². The van der Waals surface area contributed by atoms with Gasteiger partial charge in [-0.05, 0) is 13.8 Å². The molecule has 0 aliphatic heterocycles. The Morgan fingerprint density at radius 3 is 1.33 bits per heavy atom. The summed E-state index contributed by atoms with van der Waals surface area (Å²) in [6.07, 6.45) is -0.767. The maximum Gasteiger partial charge on any atom is 1.00 e. The average Bonchev–Trinajstić information content (AvgIpc) is 1.82. The van der Waals surface area contributed by atoms with Crippen LogP contribution in [0.4, 0.5) is 0 Å². The van der Waals surface area contributed by atoms with Crippen LogP contribution in [0.3, 0.4) is 0 Å². The van der Waals surface area contributed by atoms with Gasteiger partial charge < -0.3 is 31.8 Å². The normalized spacial score (nSPS) is 11.3. The third kappa shape index (κ3) is 247. The van der Waals surface area contributed by atoms with Gasteiger partial charge in [-0.15, -0.1) is 11.6 Å². The van der Waals surface area contributed by atoms with Gasteiger partial charge in [0.05, 0.1) is 0 Å². The Labute approximate surface area is 117 Å². The molecule has 0 heterocycles. The SMILES string of the molecule is CC(C)O.O=P(O)(O)O.[CH2-]C(O)CCl.[Na+]. The molecule has 0 aliphatic rings. The molecule has 5 N–H and O–H groups in total. The number of phosphoric acid groups is 1. The van der Waals surface area contributed by atoms with Crippen LogP contribution in [0.1, 0.15) is 13.8 Å². The van der Waals surface area contributed by atoms with Crippen LogP contribution >= 0.6 is 19.4 Å². The summed E-state index contributed by atoms with van der Waals surface area (Å²) in [6, 6.07) is 0. The Kier molecular flexibility index (Phi) is 25.8. The van der Waals surface area contributed by atoms with Gasteiger partial charge in [0.1, 0.15) is 0 Å². The molecule has 0 aromatic carbocycles. The molecule has 15 heavy (non-hydrogen) atoms. The van der Waals surface area contributed by atoms with Crippen LogP contribution in [0.2, 0.25) is 0 Å². The minimum atomic E-state index is -4.64. The van der Waals surface area contributed by atoms with E-state index >= 15 is 0 Å². The van der Waals surface area contributed by atoms with Crippen LogP contribution in [0, 0.1) is 6.92 Å². The Morgan fingerprint density at radius 1 is 1.27 bits per heavy atom. The standard InChI is InChI=1S/C3H6ClO.C3H8O.Na.H3O4P/c1-3(5)2-4;1-3(2)4;;1-5(2,3)4/h3,5H,1-2H2;3-4H,1-2H3;;(H3,1,2,3,4)/q-1;;+1;. The molecule has 0 amide bonds. The zero-order valence-electron chi connectivity index (χ0n) is 9.04. The van der Waals surface area contributed by atoms with Crippen LogP contribution in [0.5, 0.6) is 0 Å². The van der Waals surface area contributed by atoms with Crippen molar-refractivity contribution in [3.05, 3.63) is 6.92 Å². The minimum Gasteiger partial charge on any atom is -0.424 e. The molecular weight excluding hydrogens is 257 g/mol. The van der Waals surface area contributed by atoms with Crippen molar-refractivity contribution in [1.29, 1.82) is 0 Å². The monoisotopic (exact) mass is 274 g/mol. The Bertz CT molecular complexity index is 140. The Balaban J connectivity index is -0.0000000590. The molecule has 0 bridgehead atoms. The maximum absolute atomic E-state index is 8.88. The molecule has 0 spiro atoms. The van der Waals surface area contributed by atoms with Crippen molar-refractivity contribution < 1.29 is 59.0 Å². The van der Waals surface area contributed by atoms with E-state index in [4.69, 9.17) is 41.1 Å². The van der Waals surface area contributed by atoms with Crippen LogP contribution in [-0.4, -0.2) is 43.0 Å². The smallest absolute Gasteiger partial charge is 0.424 e. The van der Waals surface area contributed by atoms with Gasteiger partial charge in [-0.1, -0.05) is 6.10 Å². The zero-order chi connectivity index (χ0) is 12.4. The van der Waals surface area contributed by atoms with E-state index in [-0.39, 0.29) is 41.5 Å². The molecule has 0 saturated carbocycles. The summed E-state index contributed by atoms with van der Waals surface area (Å²) in [5.74, 6) is 0.222. The molecule has 90 valence electrons. The molecule has 0 fully saturated rings. The second-order valence-corrected chi connectivity index (χ2v) is 3.75. The first kappa shape index (κ1) is 25.2. The second-order valence-electron chi connectivity index (χ2n) is 2.42. The summed E-state index contributed by atoms with van der Waals surface area (Å²) in [6.45, 7) is 6.62. The minimum absolute atomic E-state index is 0. The maximum atomic E-state index is 8.88. The van der Waals surface area contributed by atoms with Crippen molar-refractivity contribution >= 4 is 19.4 Å². The third-order valence-electron chi connectivity index (χ3n) is 0.178. The van der Waals surface area contributed by atoms with Crippen LogP contribution < -0.4 is 29.6 Å². The molecule has 0 rings (SSSR count). The van der Waals surface area contributed by atoms with E-state index in [1.54, 1.807) is 13.8 Å². The van der Waals surface area contributed by atoms with E-state index in [0.717, 1.165) is 0 Å². The molecule has 0 aliphatic carbocycles. The topological polar surface area (TPSA) is 118 Å². The van der Waals surface area contributed by atoms with Crippen molar-refractivity contribution in [3.63, 3.8) is 0 Å². The molecule has 0 aromatic heterocycles. The summed E-state index contributed by atoms with van der Waals surface area (Å²) in [5, 5.41) is 16.2. The number of aliphatic hydroxyl groups excluding tert-OH is 2. The molecule has 1 atom stereocenters. The summed E-state index contributed by atoms with van der Waals surface area (Å²) in [5.41, 5.74) is 0. The van der Waals surface area contributed by atoms with E-state index in [2.05, 4.69) is 6.92 Å². The van der Waals surface area contributed by atoms with E-state index < -0.39 is 13.9 Å². The summed E-state index contributed by atoms with van der Waals surface area (Å²) in [4.78, 5) is 21.6. The van der Waals surface area contributed by atoms with E-state index in [0.29, 0.717) is 0 Å². The Morgan fingerprint density at radius 2 is 1.33 bits per heavy atom. The van der Waals surface area contributed by atoms with Crippen LogP contribution in [0.25, 0.3) is 0 Å². The molecule has 0 saturated heterocycles. The van der Waals surface area contributed by atoms with Gasteiger partial charge in [0.2, 0.25) is 0 Å². The van der Waals surface area contributed by atoms with Gasteiger partial charge in [-0.25, -0.2) is 4.57 Å². The van der Waals surface area contributed by atoms with Gasteiger partial charge in [0.25, 0.3) is 0 Å². The number of hydrogen-bond donors (Lipinski definition) is 5. The first-order valence-electron chi connectivity index (χ1n) is 3.54. The zero-order valence-corrected chi connectivity index (χ0v) is 12.7. The first-order chi connectivity index (χ1) is 6.00. The Hall–Kier alpha value is 1.32. The van der Waals surface area contributed by atoms with Crippen LogP contribution in [0.15, 0.2) is 0 Å². The largest absolute Gasteiger partial charge is 1.00 e. The predicted molar refractivity (Wildman–Crippen MR) is 53.7 cm³/mol. The first-order valence-corrected chi connectivity index (χ1v) is 5.64. The van der Waals surface area contributed by atoms with Crippen molar-refractivity contribution in [2.24, 2.45) is 0 Å². The van der Waals surface area contributed by atoms with Gasteiger partial charge >= 0.3 is 37.4 Å². The van der Waals surface area contributed by atoms with E-state index in [1.807, 2.05) is 0 Å². The van der Waals surface area contributed by atoms with Gasteiger partial charge in [-0.3, -0.25) is 0 Å². The molecule has 9 heteroatoms. The van der Waals surface area contributed by atoms with Crippen molar-refractivity contribution in [1.82, 2.24) is 0 Å². The fourth-order valence-corrected chi connectivity index (χ4v) is 0. The van der Waals surface area contributed by atoms with Crippen molar-refractivity contribution in [3.8, 4) is 0 Å². The fraction of sp³-hybridized carbons (Fsp3) is 0.833. The number of alkyl halides is 1. The number of halogens is 1. The molecule has 1 unspecified atom stereocenters. The average molecular weight is 275 g/mol. The quantitative estimate of drug-likeness (QED) is 0.149. The second kappa shape index (κ2) is 15.3. The summed E-state index contributed by atoms with van der Waals surface area (Å²) < 4.78 is 8.88. The van der Waals surface area contributed by atoms with Gasteiger partial charge in [0.15, 0.2) is 0 Å². The number of aliphatic hydroxyl groups is 2. The molecule has 6 nitrogen and oxygen atoms in total. The number of rotatable bonds is 1. The molecular formula is C6H17ClNaO6P. The van der Waals surface area contributed by atoms with Crippen molar-refractivity contribution in [2.45, 2.75) is 26.1 Å². The molecule has 0 aromatic rings. The van der Waals surface area contributed by atoms with Gasteiger partial charge in [-0.2, -0.15) is 0 Å². The summed E-state index contributed by atoms with van der Waals surface area (Å²) in [7, 11) is -4.64.